The molecule has 34 heavy (non-hydrogen) atoms. The van der Waals surface area contributed by atoms with E-state index in [1.54, 1.807) is 24.5 Å². The van der Waals surface area contributed by atoms with Crippen LogP contribution in [0.5, 0.6) is 11.5 Å². The molecule has 2 aliphatic heterocycles. The highest BCUT2D eigenvalue weighted by Crippen LogP contribution is 2.49. The van der Waals surface area contributed by atoms with Gasteiger partial charge < -0.3 is 14.7 Å². The molecule has 4 atom stereocenters. The van der Waals surface area contributed by atoms with E-state index < -0.39 is 6.04 Å². The first kappa shape index (κ1) is 22.7. The van der Waals surface area contributed by atoms with Gasteiger partial charge in [0.15, 0.2) is 0 Å². The maximum absolute atomic E-state index is 13.7. The predicted molar refractivity (Wildman–Crippen MR) is 129 cm³/mol. The van der Waals surface area contributed by atoms with E-state index in [1.807, 2.05) is 55.1 Å². The summed E-state index contributed by atoms with van der Waals surface area (Å²) in [6.45, 7) is 4.78. The van der Waals surface area contributed by atoms with E-state index in [9.17, 15) is 9.90 Å². The fraction of sp³-hybridized carbons (Fsp3) is 0.308. The molecule has 0 aliphatic carbocycles. The van der Waals surface area contributed by atoms with Gasteiger partial charge in [0, 0.05) is 35.4 Å². The lowest BCUT2D eigenvalue weighted by molar-refractivity contribution is -0.131. The Morgan fingerprint density at radius 1 is 1.15 bits per heavy atom. The number of carbonyl (C=O) groups is 1. The van der Waals surface area contributed by atoms with Crippen LogP contribution >= 0.6 is 11.6 Å². The molecule has 0 saturated carbocycles. The van der Waals surface area contributed by atoms with Crippen LogP contribution in [0.1, 0.15) is 41.3 Å². The van der Waals surface area contributed by atoms with Crippen LogP contribution in [0.4, 0.5) is 0 Å². The first-order chi connectivity index (χ1) is 16.5. The molecule has 2 fully saturated rings. The highest BCUT2D eigenvalue weighted by atomic mass is 35.5. The lowest BCUT2D eigenvalue weighted by atomic mass is 9.83. The molecule has 1 aromatic heterocycles. The lowest BCUT2D eigenvalue weighted by Gasteiger charge is -2.32. The molecule has 0 bridgehead atoms. The number of phenols is 1. The van der Waals surface area contributed by atoms with Crippen molar-refractivity contribution in [2.75, 3.05) is 6.61 Å². The number of rotatable bonds is 6. The van der Waals surface area contributed by atoms with Crippen molar-refractivity contribution in [2.24, 2.45) is 5.92 Å². The highest BCUT2D eigenvalue weighted by molar-refractivity contribution is 6.31. The number of phenolic OH excluding ortho intramolecular Hbond substituents is 1. The minimum Gasteiger partial charge on any atom is -0.508 e. The summed E-state index contributed by atoms with van der Waals surface area (Å²) in [6.07, 6.45) is 3.50. The van der Waals surface area contributed by atoms with Crippen molar-refractivity contribution in [2.45, 2.75) is 38.5 Å². The molecule has 4 unspecified atom stereocenters. The van der Waals surface area contributed by atoms with Crippen molar-refractivity contribution < 1.29 is 14.6 Å². The Kier molecular flexibility index (Phi) is 6.16. The van der Waals surface area contributed by atoms with E-state index in [4.69, 9.17) is 16.3 Å². The maximum Gasteiger partial charge on any atom is 0.242 e. The van der Waals surface area contributed by atoms with Crippen LogP contribution in [-0.2, 0) is 11.3 Å². The van der Waals surface area contributed by atoms with Crippen molar-refractivity contribution >= 4 is 17.5 Å². The van der Waals surface area contributed by atoms with Crippen molar-refractivity contribution in [1.29, 1.82) is 0 Å². The molecular weight excluding hydrogens is 452 g/mol. The smallest absolute Gasteiger partial charge is 0.242 e. The van der Waals surface area contributed by atoms with Crippen molar-refractivity contribution in [3.8, 4) is 11.5 Å². The Balaban J connectivity index is 1.59. The molecule has 5 rings (SSSR count). The summed E-state index contributed by atoms with van der Waals surface area (Å²) in [5.74, 6) is 0.717. The van der Waals surface area contributed by atoms with Crippen molar-refractivity contribution in [1.82, 2.24) is 20.7 Å². The fourth-order valence-corrected chi connectivity index (χ4v) is 5.29. The zero-order chi connectivity index (χ0) is 23.8. The first-order valence-corrected chi connectivity index (χ1v) is 11.8. The SMILES string of the molecule is CCOc1cccc(C2C3C(NNC3c3cc(Cl)c(C)cc3O)C(=O)N2Cc2cccnc2)c1. The van der Waals surface area contributed by atoms with Crippen LogP contribution in [-0.4, -0.2) is 33.5 Å². The number of ether oxygens (including phenoxy) is 1. The molecule has 8 heteroatoms. The second kappa shape index (κ2) is 9.25. The second-order valence-electron chi connectivity index (χ2n) is 8.76. The number of carbonyl (C=O) groups excluding carboxylic acids is 1. The summed E-state index contributed by atoms with van der Waals surface area (Å²) < 4.78 is 5.76. The third-order valence-corrected chi connectivity index (χ3v) is 7.05. The molecule has 1 amide bonds. The monoisotopic (exact) mass is 478 g/mol. The average Bonchev–Trinajstić information content (AvgIpc) is 3.37. The van der Waals surface area contributed by atoms with Gasteiger partial charge in [-0.3, -0.25) is 9.78 Å². The number of hydrazine groups is 1. The normalized spacial score (nSPS) is 23.9. The number of aromatic nitrogens is 1. The third-order valence-electron chi connectivity index (χ3n) is 6.64. The Hall–Kier alpha value is -3.13. The second-order valence-corrected chi connectivity index (χ2v) is 9.17. The molecule has 3 N–H and O–H groups in total. The number of aryl methyl sites for hydroxylation is 1. The molecular formula is C26H27ClN4O3. The number of nitrogens with one attached hydrogen (secondary N) is 2. The molecule has 3 heterocycles. The quantitative estimate of drug-likeness (QED) is 0.495. The van der Waals surface area contributed by atoms with Gasteiger partial charge in [-0.05, 0) is 60.9 Å². The summed E-state index contributed by atoms with van der Waals surface area (Å²) in [4.78, 5) is 19.8. The summed E-state index contributed by atoms with van der Waals surface area (Å²) in [5.41, 5.74) is 9.84. The van der Waals surface area contributed by atoms with Crippen LogP contribution < -0.4 is 15.6 Å². The lowest BCUT2D eigenvalue weighted by Crippen LogP contribution is -2.41. The number of aromatic hydroxyl groups is 1. The average molecular weight is 479 g/mol. The number of amides is 1. The van der Waals surface area contributed by atoms with Crippen LogP contribution in [0.15, 0.2) is 60.9 Å². The molecule has 7 nitrogen and oxygen atoms in total. The van der Waals surface area contributed by atoms with Gasteiger partial charge in [0.1, 0.15) is 17.5 Å². The first-order valence-electron chi connectivity index (χ1n) is 11.4. The van der Waals surface area contributed by atoms with E-state index >= 15 is 0 Å². The van der Waals surface area contributed by atoms with Gasteiger partial charge in [0.05, 0.1) is 18.7 Å². The van der Waals surface area contributed by atoms with Gasteiger partial charge in [-0.15, -0.1) is 0 Å². The van der Waals surface area contributed by atoms with Gasteiger partial charge in [-0.2, -0.15) is 0 Å². The van der Waals surface area contributed by atoms with E-state index in [-0.39, 0.29) is 29.7 Å². The Bertz CT molecular complexity index is 1210. The van der Waals surface area contributed by atoms with Gasteiger partial charge in [0.2, 0.25) is 5.91 Å². The van der Waals surface area contributed by atoms with E-state index in [0.717, 1.165) is 22.4 Å². The van der Waals surface area contributed by atoms with Gasteiger partial charge >= 0.3 is 0 Å². The number of benzene rings is 2. The number of pyridine rings is 1. The zero-order valence-electron chi connectivity index (χ0n) is 19.0. The van der Waals surface area contributed by atoms with E-state index in [0.29, 0.717) is 23.7 Å². The minimum absolute atomic E-state index is 0.00614. The van der Waals surface area contributed by atoms with E-state index in [2.05, 4.69) is 15.8 Å². The van der Waals surface area contributed by atoms with Crippen LogP contribution in [0.25, 0.3) is 0 Å². The Morgan fingerprint density at radius 3 is 2.74 bits per heavy atom. The van der Waals surface area contributed by atoms with Crippen molar-refractivity contribution in [3.63, 3.8) is 0 Å². The van der Waals surface area contributed by atoms with Gasteiger partial charge in [-0.1, -0.05) is 29.8 Å². The Morgan fingerprint density at radius 2 is 1.97 bits per heavy atom. The minimum atomic E-state index is -0.457. The fourth-order valence-electron chi connectivity index (χ4n) is 5.12. The molecule has 2 aliphatic rings. The third kappa shape index (κ3) is 4.00. The molecule has 0 radical (unpaired) electrons. The van der Waals surface area contributed by atoms with Gasteiger partial charge in [0.25, 0.3) is 0 Å². The predicted octanol–water partition coefficient (Wildman–Crippen LogP) is 4.07. The zero-order valence-corrected chi connectivity index (χ0v) is 19.8. The summed E-state index contributed by atoms with van der Waals surface area (Å²) in [6, 6.07) is 14.1. The number of fused-ring (bicyclic) bond motifs is 1. The molecule has 176 valence electrons. The Labute approximate surface area is 203 Å². The van der Waals surface area contributed by atoms with Crippen molar-refractivity contribution in [3.05, 3.63) is 88.2 Å². The van der Waals surface area contributed by atoms with Crippen LogP contribution in [0.2, 0.25) is 5.02 Å². The molecule has 2 aromatic carbocycles. The summed E-state index contributed by atoms with van der Waals surface area (Å²) >= 11 is 6.42. The molecule has 0 spiro atoms. The van der Waals surface area contributed by atoms with Crippen LogP contribution in [0.3, 0.4) is 0 Å². The molecule has 2 saturated heterocycles. The summed E-state index contributed by atoms with van der Waals surface area (Å²) in [7, 11) is 0. The maximum atomic E-state index is 13.7. The number of nitrogens with zero attached hydrogens (tertiary/aromatic N) is 2. The number of likely N-dealkylation sites (tertiary alicyclic amines) is 1. The highest BCUT2D eigenvalue weighted by Gasteiger charge is 2.55. The topological polar surface area (TPSA) is 86.7 Å². The van der Waals surface area contributed by atoms with E-state index in [1.165, 1.54) is 0 Å². The van der Waals surface area contributed by atoms with Crippen LogP contribution in [0, 0.1) is 12.8 Å². The standard InChI is InChI=1S/C26H27ClN4O3/c1-3-34-18-8-4-7-17(11-18)25-22-23(19-12-20(27)15(2)10-21(19)32)29-30-24(22)26(33)31(25)14-16-6-5-9-28-13-16/h4-13,22-25,29-30,32H,3,14H2,1-2H3. The number of hydrogen-bond acceptors (Lipinski definition) is 6. The number of halogens is 1. The largest absolute Gasteiger partial charge is 0.508 e. The number of hydrogen-bond donors (Lipinski definition) is 3. The molecule has 3 aromatic rings. The summed E-state index contributed by atoms with van der Waals surface area (Å²) in [5, 5.41) is 11.4. The van der Waals surface area contributed by atoms with Gasteiger partial charge in [-0.25, -0.2) is 10.9 Å².